The van der Waals surface area contributed by atoms with Crippen LogP contribution < -0.4 is 4.74 Å². The molecule has 25 heavy (non-hydrogen) atoms. The summed E-state index contributed by atoms with van der Waals surface area (Å²) in [6, 6.07) is 3.85. The normalized spacial score (nSPS) is 15.4. The number of fused-ring (bicyclic) bond motifs is 1. The first kappa shape index (κ1) is 17.8. The van der Waals surface area contributed by atoms with Crippen molar-refractivity contribution in [2.24, 2.45) is 5.92 Å². The van der Waals surface area contributed by atoms with Crippen LogP contribution in [0.4, 0.5) is 0 Å². The zero-order chi connectivity index (χ0) is 17.6. The van der Waals surface area contributed by atoms with Gasteiger partial charge in [0.25, 0.3) is 0 Å². The summed E-state index contributed by atoms with van der Waals surface area (Å²) in [6.45, 7) is 4.98. The van der Waals surface area contributed by atoms with E-state index in [4.69, 9.17) is 14.5 Å². The van der Waals surface area contributed by atoms with Crippen LogP contribution in [0.15, 0.2) is 18.3 Å². The number of esters is 1. The lowest BCUT2D eigenvalue weighted by Gasteiger charge is -2.21. The Hall–Kier alpha value is -2.04. The Balaban J connectivity index is 1.89. The summed E-state index contributed by atoms with van der Waals surface area (Å²) in [6.07, 6.45) is 9.97. The van der Waals surface area contributed by atoms with E-state index in [9.17, 15) is 4.79 Å². The predicted molar refractivity (Wildman–Crippen MR) is 97.2 cm³/mol. The molecule has 0 radical (unpaired) electrons. The third-order valence-electron chi connectivity index (χ3n) is 4.84. The number of hydrogen-bond donors (Lipinski definition) is 0. The first-order valence-corrected chi connectivity index (χ1v) is 9.54. The Morgan fingerprint density at radius 1 is 1.28 bits per heavy atom. The van der Waals surface area contributed by atoms with Gasteiger partial charge in [0.15, 0.2) is 17.1 Å². The number of rotatable bonds is 7. The van der Waals surface area contributed by atoms with Crippen molar-refractivity contribution in [3.8, 4) is 5.75 Å². The van der Waals surface area contributed by atoms with Gasteiger partial charge in [0.2, 0.25) is 0 Å². The zero-order valence-corrected chi connectivity index (χ0v) is 15.3. The van der Waals surface area contributed by atoms with Gasteiger partial charge in [0.05, 0.1) is 18.9 Å². The van der Waals surface area contributed by atoms with Crippen molar-refractivity contribution < 1.29 is 14.3 Å². The van der Waals surface area contributed by atoms with Crippen LogP contribution in [0.1, 0.15) is 68.6 Å². The van der Waals surface area contributed by atoms with Crippen LogP contribution >= 0.6 is 0 Å². The molecule has 0 aromatic carbocycles. The highest BCUT2D eigenvalue weighted by molar-refractivity contribution is 5.90. The van der Waals surface area contributed by atoms with Crippen LogP contribution in [-0.2, 0) is 11.2 Å². The lowest BCUT2D eigenvalue weighted by atomic mass is 9.90. The van der Waals surface area contributed by atoms with Crippen LogP contribution in [0, 0.1) is 5.92 Å². The van der Waals surface area contributed by atoms with Crippen LogP contribution in [0.2, 0.25) is 0 Å². The van der Waals surface area contributed by atoms with Gasteiger partial charge in [0, 0.05) is 6.20 Å². The second kappa shape index (κ2) is 8.37. The molecular weight excluding hydrogens is 316 g/mol. The molecule has 0 bridgehead atoms. The second-order valence-electron chi connectivity index (χ2n) is 6.76. The molecule has 0 saturated heterocycles. The Labute approximate surface area is 149 Å². The van der Waals surface area contributed by atoms with Crippen molar-refractivity contribution in [2.75, 3.05) is 13.2 Å². The standard InChI is InChI=1S/C20H28N2O3/c1-3-9-16-18(20(23)24-4-2)22-13-8-12-17(19(22)21-16)25-14-15-10-6-5-7-11-15/h8,12-13,15H,3-7,9-11,14H2,1-2H3. The highest BCUT2D eigenvalue weighted by Gasteiger charge is 2.22. The van der Waals surface area contributed by atoms with Gasteiger partial charge in [-0.25, -0.2) is 9.78 Å². The maximum atomic E-state index is 12.4. The smallest absolute Gasteiger partial charge is 0.357 e. The first-order valence-electron chi connectivity index (χ1n) is 9.54. The van der Waals surface area contributed by atoms with Crippen molar-refractivity contribution in [3.63, 3.8) is 0 Å². The fourth-order valence-corrected chi connectivity index (χ4v) is 3.59. The largest absolute Gasteiger partial charge is 0.489 e. The fourth-order valence-electron chi connectivity index (χ4n) is 3.59. The number of nitrogens with zero attached hydrogens (tertiary/aromatic N) is 2. The molecule has 136 valence electrons. The molecule has 1 fully saturated rings. The van der Waals surface area contributed by atoms with E-state index in [0.717, 1.165) is 30.9 Å². The zero-order valence-electron chi connectivity index (χ0n) is 15.3. The van der Waals surface area contributed by atoms with Crippen molar-refractivity contribution >= 4 is 11.6 Å². The Morgan fingerprint density at radius 3 is 2.80 bits per heavy atom. The molecular formula is C20H28N2O3. The minimum atomic E-state index is -0.317. The number of pyridine rings is 1. The molecule has 0 aliphatic heterocycles. The molecule has 3 rings (SSSR count). The topological polar surface area (TPSA) is 52.8 Å². The van der Waals surface area contributed by atoms with E-state index < -0.39 is 0 Å². The highest BCUT2D eigenvalue weighted by atomic mass is 16.5. The molecule has 0 spiro atoms. The van der Waals surface area contributed by atoms with Gasteiger partial charge in [-0.05, 0) is 44.2 Å². The molecule has 0 unspecified atom stereocenters. The quantitative estimate of drug-likeness (QED) is 0.698. The maximum Gasteiger partial charge on any atom is 0.357 e. The van der Waals surface area contributed by atoms with Gasteiger partial charge in [-0.15, -0.1) is 0 Å². The number of aryl methyl sites for hydroxylation is 1. The van der Waals surface area contributed by atoms with Gasteiger partial charge in [-0.3, -0.25) is 4.40 Å². The number of carbonyl (C=O) groups excluding carboxylic acids is 1. The summed E-state index contributed by atoms with van der Waals surface area (Å²) in [5.41, 5.74) is 2.03. The third kappa shape index (κ3) is 3.97. The summed E-state index contributed by atoms with van der Waals surface area (Å²) in [4.78, 5) is 17.1. The molecule has 1 aliphatic carbocycles. The van der Waals surface area contributed by atoms with Crippen molar-refractivity contribution in [3.05, 3.63) is 29.7 Å². The van der Waals surface area contributed by atoms with E-state index in [1.54, 1.807) is 0 Å². The van der Waals surface area contributed by atoms with Crippen molar-refractivity contribution in [1.29, 1.82) is 0 Å². The number of carbonyl (C=O) groups is 1. The molecule has 0 N–H and O–H groups in total. The number of imidazole rings is 1. The molecule has 2 aromatic heterocycles. The lowest BCUT2D eigenvalue weighted by molar-refractivity contribution is 0.0517. The number of aromatic nitrogens is 2. The molecule has 0 atom stereocenters. The minimum Gasteiger partial charge on any atom is -0.489 e. The summed E-state index contributed by atoms with van der Waals surface area (Å²) >= 11 is 0. The first-order chi connectivity index (χ1) is 12.2. The molecule has 0 amide bonds. The fraction of sp³-hybridized carbons (Fsp3) is 0.600. The van der Waals surface area contributed by atoms with E-state index in [-0.39, 0.29) is 5.97 Å². The van der Waals surface area contributed by atoms with Crippen molar-refractivity contribution in [1.82, 2.24) is 9.38 Å². The van der Waals surface area contributed by atoms with E-state index in [1.165, 1.54) is 32.1 Å². The van der Waals surface area contributed by atoms with Crippen LogP contribution in [-0.4, -0.2) is 28.6 Å². The van der Waals surface area contributed by atoms with Gasteiger partial charge in [0.1, 0.15) is 0 Å². The summed E-state index contributed by atoms with van der Waals surface area (Å²) < 4.78 is 13.2. The highest BCUT2D eigenvalue weighted by Crippen LogP contribution is 2.27. The minimum absolute atomic E-state index is 0.317. The Morgan fingerprint density at radius 2 is 2.08 bits per heavy atom. The maximum absolute atomic E-state index is 12.4. The summed E-state index contributed by atoms with van der Waals surface area (Å²) in [5.74, 6) is 1.06. The number of hydrogen-bond acceptors (Lipinski definition) is 4. The molecule has 5 heteroatoms. The predicted octanol–water partition coefficient (Wildman–Crippen LogP) is 4.42. The molecule has 1 aliphatic rings. The molecule has 2 aromatic rings. The average molecular weight is 344 g/mol. The molecule has 5 nitrogen and oxygen atoms in total. The van der Waals surface area contributed by atoms with E-state index >= 15 is 0 Å². The monoisotopic (exact) mass is 344 g/mol. The number of ether oxygens (including phenoxy) is 2. The van der Waals surface area contributed by atoms with Gasteiger partial charge >= 0.3 is 5.97 Å². The SMILES string of the molecule is CCCc1nc2c(OCC3CCCCC3)cccn2c1C(=O)OCC. The van der Waals surface area contributed by atoms with Gasteiger partial charge in [-0.2, -0.15) is 0 Å². The third-order valence-corrected chi connectivity index (χ3v) is 4.84. The van der Waals surface area contributed by atoms with Crippen LogP contribution in [0.5, 0.6) is 5.75 Å². The Bertz CT molecular complexity index is 717. The van der Waals surface area contributed by atoms with Crippen molar-refractivity contribution in [2.45, 2.75) is 58.8 Å². The van der Waals surface area contributed by atoms with Gasteiger partial charge in [-0.1, -0.05) is 32.6 Å². The molecule has 1 saturated carbocycles. The summed E-state index contributed by atoms with van der Waals surface area (Å²) in [7, 11) is 0. The molecule has 2 heterocycles. The van der Waals surface area contributed by atoms with Crippen LogP contribution in [0.3, 0.4) is 0 Å². The Kier molecular flexibility index (Phi) is 5.95. The van der Waals surface area contributed by atoms with E-state index in [0.29, 0.717) is 23.9 Å². The lowest BCUT2D eigenvalue weighted by Crippen LogP contribution is -2.15. The summed E-state index contributed by atoms with van der Waals surface area (Å²) in [5, 5.41) is 0. The van der Waals surface area contributed by atoms with Crippen LogP contribution in [0.25, 0.3) is 5.65 Å². The van der Waals surface area contributed by atoms with E-state index in [2.05, 4.69) is 6.92 Å². The van der Waals surface area contributed by atoms with Gasteiger partial charge < -0.3 is 9.47 Å². The van der Waals surface area contributed by atoms with E-state index in [1.807, 2.05) is 29.7 Å². The average Bonchev–Trinajstić information content (AvgIpc) is 3.00. The second-order valence-corrected chi connectivity index (χ2v) is 6.76.